The summed E-state index contributed by atoms with van der Waals surface area (Å²) < 4.78 is 41.0. The second-order valence-electron chi connectivity index (χ2n) is 3.76. The summed E-state index contributed by atoms with van der Waals surface area (Å²) >= 11 is 0.997. The number of halogens is 3. The number of aromatic nitrogens is 1. The normalized spacial score (nSPS) is 11.4. The van der Waals surface area contributed by atoms with Crippen molar-refractivity contribution in [3.8, 4) is 16.2 Å². The minimum Gasteiger partial charge on any atom is -0.476 e. The van der Waals surface area contributed by atoms with E-state index in [1.54, 1.807) is 6.92 Å². The number of hydrogen-bond donors (Lipinski definition) is 1. The van der Waals surface area contributed by atoms with Crippen LogP contribution in [-0.4, -0.2) is 22.4 Å². The van der Waals surface area contributed by atoms with Gasteiger partial charge in [-0.05, 0) is 19.1 Å². The molecule has 0 fully saturated rings. The molecule has 0 radical (unpaired) electrons. The Kier molecular flexibility index (Phi) is 3.67. The summed E-state index contributed by atoms with van der Waals surface area (Å²) in [7, 11) is 0. The van der Waals surface area contributed by atoms with Crippen LogP contribution < -0.4 is 4.74 Å². The molecule has 0 bridgehead atoms. The Balaban J connectivity index is 2.56. The molecule has 1 heterocycles. The first-order chi connectivity index (χ1) is 9.28. The van der Waals surface area contributed by atoms with Crippen LogP contribution in [0.3, 0.4) is 0 Å². The van der Waals surface area contributed by atoms with Gasteiger partial charge in [-0.3, -0.25) is 0 Å². The molecule has 0 atom stereocenters. The Morgan fingerprint density at radius 1 is 1.35 bits per heavy atom. The Morgan fingerprint density at radius 2 is 2.00 bits per heavy atom. The lowest BCUT2D eigenvalue weighted by Gasteiger charge is -2.12. The summed E-state index contributed by atoms with van der Waals surface area (Å²) in [5.74, 6) is -1.75. The van der Waals surface area contributed by atoms with E-state index in [0.717, 1.165) is 17.4 Å². The van der Waals surface area contributed by atoms with Gasteiger partial charge in [0.2, 0.25) is 0 Å². The topological polar surface area (TPSA) is 59.4 Å². The second kappa shape index (κ2) is 5.12. The van der Waals surface area contributed by atoms with Crippen molar-refractivity contribution in [3.63, 3.8) is 0 Å². The van der Waals surface area contributed by atoms with Gasteiger partial charge in [0.15, 0.2) is 5.69 Å². The molecule has 0 saturated carbocycles. The monoisotopic (exact) mass is 303 g/mol. The summed E-state index contributed by atoms with van der Waals surface area (Å²) in [6, 6.07) is 5.36. The molecule has 2 aromatic rings. The lowest BCUT2D eigenvalue weighted by Crippen LogP contribution is -2.17. The summed E-state index contributed by atoms with van der Waals surface area (Å²) in [5, 5.41) is 9.49. The maximum atomic E-state index is 12.4. The maximum absolute atomic E-state index is 12.4. The number of benzene rings is 1. The van der Waals surface area contributed by atoms with Crippen LogP contribution >= 0.6 is 11.3 Å². The molecule has 20 heavy (non-hydrogen) atoms. The fourth-order valence-corrected chi connectivity index (χ4v) is 2.56. The summed E-state index contributed by atoms with van der Waals surface area (Å²) in [5.41, 5.74) is -0.237. The molecule has 0 spiro atoms. The number of carbonyl (C=O) groups is 1. The molecule has 0 aliphatic rings. The number of rotatable bonds is 3. The van der Waals surface area contributed by atoms with Gasteiger partial charge in [-0.2, -0.15) is 0 Å². The van der Waals surface area contributed by atoms with Crippen molar-refractivity contribution >= 4 is 17.3 Å². The highest BCUT2D eigenvalue weighted by molar-refractivity contribution is 7.15. The average molecular weight is 303 g/mol. The molecule has 8 heteroatoms. The SMILES string of the molecule is Cc1nc(C(=O)O)c(-c2ccccc2OC(F)(F)F)s1. The van der Waals surface area contributed by atoms with Crippen molar-refractivity contribution in [1.29, 1.82) is 0 Å². The van der Waals surface area contributed by atoms with Crippen LogP contribution in [0, 0.1) is 6.92 Å². The molecule has 1 aromatic carbocycles. The third-order valence-corrected chi connectivity index (χ3v) is 3.30. The van der Waals surface area contributed by atoms with Crippen molar-refractivity contribution in [3.05, 3.63) is 35.0 Å². The van der Waals surface area contributed by atoms with Gasteiger partial charge in [0.1, 0.15) is 5.75 Å². The van der Waals surface area contributed by atoms with Crippen molar-refractivity contribution < 1.29 is 27.8 Å². The Bertz CT molecular complexity index is 652. The standard InChI is InChI=1S/C12H8F3NO3S/c1-6-16-9(11(17)18)10(20-6)7-4-2-3-5-8(7)19-12(13,14)15/h2-5H,1H3,(H,17,18). The van der Waals surface area contributed by atoms with Gasteiger partial charge in [-0.1, -0.05) is 12.1 Å². The highest BCUT2D eigenvalue weighted by Gasteiger charge is 2.33. The quantitative estimate of drug-likeness (QED) is 0.939. The highest BCUT2D eigenvalue weighted by atomic mass is 32.1. The number of ether oxygens (including phenoxy) is 1. The fraction of sp³-hybridized carbons (Fsp3) is 0.167. The molecule has 0 amide bonds. The van der Waals surface area contributed by atoms with E-state index >= 15 is 0 Å². The Labute approximate surface area is 115 Å². The molecule has 2 rings (SSSR count). The Morgan fingerprint density at radius 3 is 2.60 bits per heavy atom. The third kappa shape index (κ3) is 3.08. The van der Waals surface area contributed by atoms with Crippen LogP contribution in [0.5, 0.6) is 5.75 Å². The molecule has 1 N–H and O–H groups in total. The smallest absolute Gasteiger partial charge is 0.476 e. The molecule has 1 aromatic heterocycles. The molecule has 0 saturated heterocycles. The van der Waals surface area contributed by atoms with Gasteiger partial charge in [0.05, 0.1) is 9.88 Å². The van der Waals surface area contributed by atoms with Crippen molar-refractivity contribution in [2.75, 3.05) is 0 Å². The number of aryl methyl sites for hydroxylation is 1. The number of para-hydroxylation sites is 1. The molecular formula is C12H8F3NO3S. The van der Waals surface area contributed by atoms with Crippen LogP contribution in [0.1, 0.15) is 15.5 Å². The van der Waals surface area contributed by atoms with Gasteiger partial charge in [-0.25, -0.2) is 9.78 Å². The molecule has 4 nitrogen and oxygen atoms in total. The average Bonchev–Trinajstić information content (AvgIpc) is 2.70. The molecule has 0 unspecified atom stereocenters. The van der Waals surface area contributed by atoms with Gasteiger partial charge in [0.25, 0.3) is 0 Å². The highest BCUT2D eigenvalue weighted by Crippen LogP contribution is 2.38. The van der Waals surface area contributed by atoms with E-state index in [-0.39, 0.29) is 16.1 Å². The van der Waals surface area contributed by atoms with E-state index in [2.05, 4.69) is 9.72 Å². The number of thiazole rings is 1. The Hall–Kier alpha value is -2.09. The minimum absolute atomic E-state index is 0.0489. The zero-order valence-electron chi connectivity index (χ0n) is 10.1. The summed E-state index contributed by atoms with van der Waals surface area (Å²) in [6.45, 7) is 1.58. The predicted octanol–water partition coefficient (Wildman–Crippen LogP) is 3.72. The first kappa shape index (κ1) is 14.3. The van der Waals surface area contributed by atoms with Gasteiger partial charge in [0, 0.05) is 5.56 Å². The molecular weight excluding hydrogens is 295 g/mol. The van der Waals surface area contributed by atoms with E-state index in [9.17, 15) is 18.0 Å². The van der Waals surface area contributed by atoms with Crippen LogP contribution in [0.15, 0.2) is 24.3 Å². The molecule has 0 aliphatic carbocycles. The van der Waals surface area contributed by atoms with Crippen LogP contribution in [0.2, 0.25) is 0 Å². The first-order valence-electron chi connectivity index (χ1n) is 5.34. The van der Waals surface area contributed by atoms with Crippen molar-refractivity contribution in [1.82, 2.24) is 4.98 Å². The van der Waals surface area contributed by atoms with E-state index in [1.807, 2.05) is 0 Å². The number of aromatic carboxylic acids is 1. The third-order valence-electron chi connectivity index (χ3n) is 2.29. The summed E-state index contributed by atoms with van der Waals surface area (Å²) in [6.07, 6.45) is -4.85. The van der Waals surface area contributed by atoms with E-state index < -0.39 is 18.1 Å². The second-order valence-corrected chi connectivity index (χ2v) is 4.96. The molecule has 0 aliphatic heterocycles. The van der Waals surface area contributed by atoms with Gasteiger partial charge >= 0.3 is 12.3 Å². The van der Waals surface area contributed by atoms with E-state index in [4.69, 9.17) is 5.11 Å². The zero-order chi connectivity index (χ0) is 14.9. The lowest BCUT2D eigenvalue weighted by atomic mass is 10.1. The van der Waals surface area contributed by atoms with Gasteiger partial charge in [-0.15, -0.1) is 24.5 Å². The van der Waals surface area contributed by atoms with Gasteiger partial charge < -0.3 is 9.84 Å². The minimum atomic E-state index is -4.85. The number of nitrogens with zero attached hydrogens (tertiary/aromatic N) is 1. The lowest BCUT2D eigenvalue weighted by molar-refractivity contribution is -0.274. The number of hydrogen-bond acceptors (Lipinski definition) is 4. The van der Waals surface area contributed by atoms with Crippen molar-refractivity contribution in [2.24, 2.45) is 0 Å². The van der Waals surface area contributed by atoms with E-state index in [1.165, 1.54) is 18.2 Å². The van der Waals surface area contributed by atoms with Crippen molar-refractivity contribution in [2.45, 2.75) is 13.3 Å². The number of carboxylic acids is 1. The predicted molar refractivity (Wildman–Crippen MR) is 65.9 cm³/mol. The number of alkyl halides is 3. The van der Waals surface area contributed by atoms with Crippen LogP contribution in [0.4, 0.5) is 13.2 Å². The fourth-order valence-electron chi connectivity index (χ4n) is 1.62. The van der Waals surface area contributed by atoms with E-state index in [0.29, 0.717) is 5.01 Å². The zero-order valence-corrected chi connectivity index (χ0v) is 10.9. The van der Waals surface area contributed by atoms with Crippen LogP contribution in [-0.2, 0) is 0 Å². The summed E-state index contributed by atoms with van der Waals surface area (Å²) in [4.78, 5) is 15.0. The largest absolute Gasteiger partial charge is 0.573 e. The first-order valence-corrected chi connectivity index (χ1v) is 6.15. The molecule has 106 valence electrons. The number of carboxylic acid groups (broad SMARTS) is 1. The maximum Gasteiger partial charge on any atom is 0.573 e. The van der Waals surface area contributed by atoms with Crippen LogP contribution in [0.25, 0.3) is 10.4 Å².